The van der Waals surface area contributed by atoms with Gasteiger partial charge in [0.25, 0.3) is 0 Å². The Morgan fingerprint density at radius 2 is 1.78 bits per heavy atom. The fourth-order valence-electron chi connectivity index (χ4n) is 2.43. The van der Waals surface area contributed by atoms with Crippen LogP contribution >= 0.6 is 15.9 Å². The monoisotopic (exact) mass is 308 g/mol. The van der Waals surface area contributed by atoms with Crippen LogP contribution in [0.3, 0.4) is 0 Å². The summed E-state index contributed by atoms with van der Waals surface area (Å²) in [6.07, 6.45) is 2.34. The van der Waals surface area contributed by atoms with Crippen molar-refractivity contribution in [3.63, 3.8) is 0 Å². The molecule has 2 unspecified atom stereocenters. The van der Waals surface area contributed by atoms with Gasteiger partial charge in [-0.2, -0.15) is 0 Å². The van der Waals surface area contributed by atoms with Gasteiger partial charge < -0.3 is 0 Å². The number of halogens is 2. The van der Waals surface area contributed by atoms with Crippen LogP contribution in [0.15, 0.2) is 36.4 Å². The molecule has 0 N–H and O–H groups in total. The fourth-order valence-corrected chi connectivity index (χ4v) is 3.10. The van der Waals surface area contributed by atoms with Gasteiger partial charge in [-0.15, -0.1) is 0 Å². The van der Waals surface area contributed by atoms with Crippen molar-refractivity contribution in [1.82, 2.24) is 0 Å². The number of alkyl halides is 1. The Morgan fingerprint density at radius 1 is 1.11 bits per heavy atom. The second kappa shape index (κ2) is 5.83. The third-order valence-corrected chi connectivity index (χ3v) is 4.84. The summed E-state index contributed by atoms with van der Waals surface area (Å²) in [7, 11) is 0. The maximum atomic E-state index is 13.8. The van der Waals surface area contributed by atoms with Gasteiger partial charge in [-0.1, -0.05) is 66.5 Å². The minimum absolute atomic E-state index is 0.141. The SMILES string of the molecule is CCCC(C)C(Br)c1ccc(F)c2ccccc12. The van der Waals surface area contributed by atoms with Gasteiger partial charge in [-0.05, 0) is 29.4 Å². The van der Waals surface area contributed by atoms with Gasteiger partial charge in [0, 0.05) is 10.2 Å². The summed E-state index contributed by atoms with van der Waals surface area (Å²) in [6.45, 7) is 4.43. The van der Waals surface area contributed by atoms with Gasteiger partial charge >= 0.3 is 0 Å². The van der Waals surface area contributed by atoms with E-state index in [-0.39, 0.29) is 10.6 Å². The molecule has 2 aromatic rings. The van der Waals surface area contributed by atoms with Crippen LogP contribution in [-0.4, -0.2) is 0 Å². The molecule has 2 rings (SSSR count). The number of hydrogen-bond acceptors (Lipinski definition) is 0. The van der Waals surface area contributed by atoms with Crippen molar-refractivity contribution in [3.05, 3.63) is 47.8 Å². The van der Waals surface area contributed by atoms with Gasteiger partial charge in [-0.25, -0.2) is 4.39 Å². The number of benzene rings is 2. The van der Waals surface area contributed by atoms with E-state index in [0.717, 1.165) is 5.39 Å². The molecular formula is C16H18BrF. The topological polar surface area (TPSA) is 0 Å². The second-order valence-electron chi connectivity index (χ2n) is 4.85. The summed E-state index contributed by atoms with van der Waals surface area (Å²) < 4.78 is 13.8. The van der Waals surface area contributed by atoms with Crippen LogP contribution in [0.1, 0.15) is 37.1 Å². The highest BCUT2D eigenvalue weighted by Gasteiger charge is 2.18. The highest BCUT2D eigenvalue weighted by atomic mass is 79.9. The zero-order valence-electron chi connectivity index (χ0n) is 10.8. The molecule has 2 aromatic carbocycles. The van der Waals surface area contributed by atoms with Gasteiger partial charge in [0.1, 0.15) is 5.82 Å². The standard InChI is InChI=1S/C16H18BrF/c1-3-6-11(2)16(17)14-9-10-15(18)13-8-5-4-7-12(13)14/h4-5,7-11,16H,3,6H2,1-2H3. The van der Waals surface area contributed by atoms with E-state index in [1.807, 2.05) is 30.3 Å². The Morgan fingerprint density at radius 3 is 2.44 bits per heavy atom. The smallest absolute Gasteiger partial charge is 0.131 e. The Bertz CT molecular complexity index is 536. The molecular weight excluding hydrogens is 291 g/mol. The fraction of sp³-hybridized carbons (Fsp3) is 0.375. The van der Waals surface area contributed by atoms with Gasteiger partial charge in [-0.3, -0.25) is 0 Å². The zero-order valence-corrected chi connectivity index (χ0v) is 12.4. The number of rotatable bonds is 4. The van der Waals surface area contributed by atoms with Crippen LogP contribution in [0.5, 0.6) is 0 Å². The molecule has 0 aliphatic rings. The maximum absolute atomic E-state index is 13.8. The van der Waals surface area contributed by atoms with E-state index < -0.39 is 0 Å². The Kier molecular flexibility index (Phi) is 4.39. The van der Waals surface area contributed by atoms with Crippen molar-refractivity contribution in [2.24, 2.45) is 5.92 Å². The minimum atomic E-state index is -0.141. The van der Waals surface area contributed by atoms with E-state index in [0.29, 0.717) is 11.3 Å². The molecule has 0 aromatic heterocycles. The first-order valence-electron chi connectivity index (χ1n) is 6.46. The lowest BCUT2D eigenvalue weighted by Gasteiger charge is -2.20. The van der Waals surface area contributed by atoms with E-state index in [1.54, 1.807) is 6.07 Å². The van der Waals surface area contributed by atoms with E-state index in [9.17, 15) is 4.39 Å². The molecule has 0 saturated carbocycles. The summed E-state index contributed by atoms with van der Waals surface area (Å²) in [6, 6.07) is 11.2. The lowest BCUT2D eigenvalue weighted by molar-refractivity contribution is 0.520. The Balaban J connectivity index is 2.48. The third-order valence-electron chi connectivity index (χ3n) is 3.45. The molecule has 0 heterocycles. The summed E-state index contributed by atoms with van der Waals surface area (Å²) in [5, 5.41) is 1.73. The molecule has 18 heavy (non-hydrogen) atoms. The predicted molar refractivity (Wildman–Crippen MR) is 79.6 cm³/mol. The molecule has 0 aliphatic carbocycles. The van der Waals surface area contributed by atoms with Crippen LogP contribution in [0.25, 0.3) is 10.8 Å². The van der Waals surface area contributed by atoms with Crippen LogP contribution in [0.2, 0.25) is 0 Å². The second-order valence-corrected chi connectivity index (χ2v) is 5.84. The first-order chi connectivity index (χ1) is 8.65. The van der Waals surface area contributed by atoms with Crippen molar-refractivity contribution in [1.29, 1.82) is 0 Å². The van der Waals surface area contributed by atoms with Crippen LogP contribution in [-0.2, 0) is 0 Å². The van der Waals surface area contributed by atoms with Gasteiger partial charge in [0.15, 0.2) is 0 Å². The first kappa shape index (κ1) is 13.5. The van der Waals surface area contributed by atoms with Crippen molar-refractivity contribution >= 4 is 26.7 Å². The molecule has 2 atom stereocenters. The Hall–Kier alpha value is -0.890. The van der Waals surface area contributed by atoms with Crippen molar-refractivity contribution in [3.8, 4) is 0 Å². The van der Waals surface area contributed by atoms with E-state index in [2.05, 4.69) is 29.8 Å². The summed E-state index contributed by atoms with van der Waals surface area (Å²) in [4.78, 5) is 0.281. The quantitative estimate of drug-likeness (QED) is 0.621. The normalized spacial score (nSPS) is 14.7. The summed E-state index contributed by atoms with van der Waals surface area (Å²) in [5.41, 5.74) is 1.19. The molecule has 0 saturated heterocycles. The molecule has 0 aliphatic heterocycles. The van der Waals surface area contributed by atoms with Gasteiger partial charge in [0.05, 0.1) is 0 Å². The maximum Gasteiger partial charge on any atom is 0.131 e. The molecule has 0 bridgehead atoms. The van der Waals surface area contributed by atoms with Crippen molar-refractivity contribution in [2.75, 3.05) is 0 Å². The largest absolute Gasteiger partial charge is 0.206 e. The lowest BCUT2D eigenvalue weighted by atomic mass is 9.93. The van der Waals surface area contributed by atoms with Gasteiger partial charge in [0.2, 0.25) is 0 Å². The van der Waals surface area contributed by atoms with Crippen LogP contribution in [0.4, 0.5) is 4.39 Å². The zero-order chi connectivity index (χ0) is 13.1. The highest BCUT2D eigenvalue weighted by Crippen LogP contribution is 2.37. The van der Waals surface area contributed by atoms with E-state index in [4.69, 9.17) is 0 Å². The predicted octanol–water partition coefficient (Wildman–Crippen LogP) is 5.85. The summed E-state index contributed by atoms with van der Waals surface area (Å²) in [5.74, 6) is 0.404. The molecule has 0 spiro atoms. The molecule has 0 nitrogen and oxygen atoms in total. The third kappa shape index (κ3) is 2.59. The molecule has 0 radical (unpaired) electrons. The van der Waals surface area contributed by atoms with E-state index in [1.165, 1.54) is 18.4 Å². The molecule has 0 fully saturated rings. The minimum Gasteiger partial charge on any atom is -0.206 e. The molecule has 96 valence electrons. The molecule has 0 amide bonds. The van der Waals surface area contributed by atoms with Crippen LogP contribution < -0.4 is 0 Å². The molecule has 2 heteroatoms. The summed E-state index contributed by atoms with van der Waals surface area (Å²) >= 11 is 3.78. The number of fused-ring (bicyclic) bond motifs is 1. The average Bonchev–Trinajstić information content (AvgIpc) is 2.39. The first-order valence-corrected chi connectivity index (χ1v) is 7.38. The Labute approximate surface area is 116 Å². The van der Waals surface area contributed by atoms with Crippen molar-refractivity contribution < 1.29 is 4.39 Å². The average molecular weight is 309 g/mol. The lowest BCUT2D eigenvalue weighted by Crippen LogP contribution is -2.04. The van der Waals surface area contributed by atoms with Crippen LogP contribution in [0, 0.1) is 11.7 Å². The van der Waals surface area contributed by atoms with Crippen molar-refractivity contribution in [2.45, 2.75) is 31.5 Å². The highest BCUT2D eigenvalue weighted by molar-refractivity contribution is 9.09. The van der Waals surface area contributed by atoms with E-state index >= 15 is 0 Å². The number of hydrogen-bond donors (Lipinski definition) is 0.